The van der Waals surface area contributed by atoms with E-state index < -0.39 is 6.04 Å². The van der Waals surface area contributed by atoms with Crippen LogP contribution in [0.15, 0.2) is 53.5 Å². The molecule has 1 aromatic heterocycles. The van der Waals surface area contributed by atoms with Crippen molar-refractivity contribution < 1.29 is 9.53 Å². The normalized spacial score (nSPS) is 15.8. The van der Waals surface area contributed by atoms with Crippen LogP contribution in [0.1, 0.15) is 17.2 Å². The van der Waals surface area contributed by atoms with Crippen molar-refractivity contribution in [1.29, 1.82) is 0 Å². The van der Waals surface area contributed by atoms with Gasteiger partial charge in [0.05, 0.1) is 13.2 Å². The third-order valence-electron chi connectivity index (χ3n) is 4.38. The predicted octanol–water partition coefficient (Wildman–Crippen LogP) is 1.07. The molecule has 6 heteroatoms. The Morgan fingerprint density at radius 3 is 2.60 bits per heavy atom. The van der Waals surface area contributed by atoms with E-state index >= 15 is 0 Å². The van der Waals surface area contributed by atoms with Gasteiger partial charge in [-0.25, -0.2) is 0 Å². The predicted molar refractivity (Wildman–Crippen MR) is 95.1 cm³/mol. The fraction of sp³-hybridized carbons (Fsp3) is 0.368. The lowest BCUT2D eigenvalue weighted by atomic mass is 10.0. The molecule has 0 radical (unpaired) electrons. The van der Waals surface area contributed by atoms with Gasteiger partial charge in [-0.3, -0.25) is 14.9 Å². The Morgan fingerprint density at radius 1 is 1.20 bits per heavy atom. The first kappa shape index (κ1) is 17.4. The molecule has 132 valence electrons. The first-order valence-electron chi connectivity index (χ1n) is 8.45. The number of hydrogen-bond donors (Lipinski definition) is 1. The maximum Gasteiger partial charge on any atom is 0.250 e. The molecule has 25 heavy (non-hydrogen) atoms. The van der Waals surface area contributed by atoms with Crippen LogP contribution in [-0.4, -0.2) is 41.7 Å². The van der Waals surface area contributed by atoms with E-state index in [1.54, 1.807) is 19.3 Å². The van der Waals surface area contributed by atoms with Crippen LogP contribution in [0.3, 0.4) is 0 Å². The standard InChI is InChI=1S/C19H23N3O3/c1-21-8-7-15(13-17(21)23)14-20-18(16-5-3-2-4-6-16)19(24)22-9-11-25-12-10-22/h2-8,13,18,20H,9-12,14H2,1H3/t18-/m1/s1. The molecule has 1 aromatic carbocycles. The summed E-state index contributed by atoms with van der Waals surface area (Å²) in [6.07, 6.45) is 1.74. The van der Waals surface area contributed by atoms with E-state index in [0.717, 1.165) is 11.1 Å². The zero-order valence-corrected chi connectivity index (χ0v) is 14.4. The second-order valence-electron chi connectivity index (χ2n) is 6.15. The average Bonchev–Trinajstić information content (AvgIpc) is 2.66. The van der Waals surface area contributed by atoms with Crippen molar-refractivity contribution in [3.05, 3.63) is 70.1 Å². The van der Waals surface area contributed by atoms with E-state index in [4.69, 9.17) is 4.74 Å². The Kier molecular flexibility index (Phi) is 5.63. The van der Waals surface area contributed by atoms with Crippen molar-refractivity contribution in [2.24, 2.45) is 7.05 Å². The molecule has 1 saturated heterocycles. The summed E-state index contributed by atoms with van der Waals surface area (Å²) in [6, 6.07) is 12.7. The van der Waals surface area contributed by atoms with Gasteiger partial charge in [-0.2, -0.15) is 0 Å². The van der Waals surface area contributed by atoms with Crippen LogP contribution in [-0.2, 0) is 23.1 Å². The van der Waals surface area contributed by atoms with Gasteiger partial charge < -0.3 is 14.2 Å². The molecule has 3 rings (SSSR count). The zero-order chi connectivity index (χ0) is 17.6. The summed E-state index contributed by atoms with van der Waals surface area (Å²) in [5, 5.41) is 3.32. The van der Waals surface area contributed by atoms with Crippen molar-refractivity contribution in [2.45, 2.75) is 12.6 Å². The smallest absolute Gasteiger partial charge is 0.250 e. The van der Waals surface area contributed by atoms with E-state index in [1.165, 1.54) is 4.57 Å². The number of ether oxygens (including phenoxy) is 1. The Bertz CT molecular complexity index is 767. The fourth-order valence-electron chi connectivity index (χ4n) is 2.88. The van der Waals surface area contributed by atoms with Crippen LogP contribution >= 0.6 is 0 Å². The number of carbonyl (C=O) groups is 1. The summed E-state index contributed by atoms with van der Waals surface area (Å²) in [5.41, 5.74) is 1.72. The SMILES string of the molecule is Cn1ccc(CN[C@@H](C(=O)N2CCOCC2)c2ccccc2)cc1=O. The minimum Gasteiger partial charge on any atom is -0.378 e. The Labute approximate surface area is 147 Å². The molecule has 1 N–H and O–H groups in total. The summed E-state index contributed by atoms with van der Waals surface area (Å²) in [5.74, 6) is 0.0401. The van der Waals surface area contributed by atoms with Gasteiger partial charge in [0.25, 0.3) is 5.56 Å². The van der Waals surface area contributed by atoms with E-state index in [2.05, 4.69) is 5.32 Å². The van der Waals surface area contributed by atoms with Gasteiger partial charge in [-0.05, 0) is 17.2 Å². The zero-order valence-electron chi connectivity index (χ0n) is 14.4. The molecular formula is C19H23N3O3. The number of hydrogen-bond acceptors (Lipinski definition) is 4. The Hall–Kier alpha value is -2.44. The molecule has 1 aliphatic heterocycles. The molecule has 6 nitrogen and oxygen atoms in total. The minimum absolute atomic E-state index is 0.0401. The summed E-state index contributed by atoms with van der Waals surface area (Å²) in [7, 11) is 1.72. The van der Waals surface area contributed by atoms with Crippen LogP contribution in [0, 0.1) is 0 Å². The first-order chi connectivity index (χ1) is 12.1. The van der Waals surface area contributed by atoms with Crippen LogP contribution in [0.25, 0.3) is 0 Å². The molecule has 2 heterocycles. The first-order valence-corrected chi connectivity index (χ1v) is 8.45. The van der Waals surface area contributed by atoms with Crippen molar-refractivity contribution >= 4 is 5.91 Å². The lowest BCUT2D eigenvalue weighted by Gasteiger charge is -2.31. The van der Waals surface area contributed by atoms with E-state index in [-0.39, 0.29) is 11.5 Å². The van der Waals surface area contributed by atoms with Gasteiger partial charge >= 0.3 is 0 Å². The topological polar surface area (TPSA) is 63.6 Å². The second kappa shape index (κ2) is 8.09. The van der Waals surface area contributed by atoms with Crippen molar-refractivity contribution in [2.75, 3.05) is 26.3 Å². The molecule has 0 unspecified atom stereocenters. The van der Waals surface area contributed by atoms with Gasteiger partial charge in [0.15, 0.2) is 0 Å². The molecule has 0 bridgehead atoms. The highest BCUT2D eigenvalue weighted by molar-refractivity contribution is 5.83. The van der Waals surface area contributed by atoms with Crippen LogP contribution in [0.5, 0.6) is 0 Å². The third-order valence-corrected chi connectivity index (χ3v) is 4.38. The molecule has 1 aliphatic rings. The number of aromatic nitrogens is 1. The molecule has 0 aliphatic carbocycles. The number of nitrogens with one attached hydrogen (secondary N) is 1. The number of nitrogens with zero attached hydrogens (tertiary/aromatic N) is 2. The van der Waals surface area contributed by atoms with Crippen molar-refractivity contribution in [3.8, 4) is 0 Å². The fourth-order valence-corrected chi connectivity index (χ4v) is 2.88. The lowest BCUT2D eigenvalue weighted by molar-refractivity contribution is -0.137. The maximum atomic E-state index is 13.0. The van der Waals surface area contributed by atoms with Crippen LogP contribution in [0.2, 0.25) is 0 Å². The van der Waals surface area contributed by atoms with Crippen molar-refractivity contribution in [3.63, 3.8) is 0 Å². The number of rotatable bonds is 5. The summed E-state index contributed by atoms with van der Waals surface area (Å²) >= 11 is 0. The highest BCUT2D eigenvalue weighted by Gasteiger charge is 2.26. The van der Waals surface area contributed by atoms with Crippen molar-refractivity contribution in [1.82, 2.24) is 14.8 Å². The average molecular weight is 341 g/mol. The Balaban J connectivity index is 1.77. The molecule has 1 fully saturated rings. The number of pyridine rings is 1. The molecule has 1 atom stereocenters. The van der Waals surface area contributed by atoms with Crippen LogP contribution in [0.4, 0.5) is 0 Å². The number of amides is 1. The van der Waals surface area contributed by atoms with E-state index in [0.29, 0.717) is 32.8 Å². The van der Waals surface area contributed by atoms with Gasteiger partial charge in [0.2, 0.25) is 5.91 Å². The van der Waals surface area contributed by atoms with Gasteiger partial charge in [0.1, 0.15) is 6.04 Å². The monoisotopic (exact) mass is 341 g/mol. The van der Waals surface area contributed by atoms with E-state index in [1.807, 2.05) is 41.3 Å². The number of aryl methyl sites for hydroxylation is 1. The molecule has 1 amide bonds. The highest BCUT2D eigenvalue weighted by atomic mass is 16.5. The number of morpholine rings is 1. The molecule has 0 spiro atoms. The second-order valence-corrected chi connectivity index (χ2v) is 6.15. The summed E-state index contributed by atoms with van der Waals surface area (Å²) in [4.78, 5) is 26.6. The van der Waals surface area contributed by atoms with Gasteiger partial charge in [0, 0.05) is 38.9 Å². The molecular weight excluding hydrogens is 318 g/mol. The van der Waals surface area contributed by atoms with E-state index in [9.17, 15) is 9.59 Å². The van der Waals surface area contributed by atoms with Gasteiger partial charge in [-0.1, -0.05) is 30.3 Å². The third kappa shape index (κ3) is 4.35. The largest absolute Gasteiger partial charge is 0.378 e. The molecule has 0 saturated carbocycles. The molecule has 2 aromatic rings. The van der Waals surface area contributed by atoms with Crippen LogP contribution < -0.4 is 10.9 Å². The minimum atomic E-state index is -0.441. The summed E-state index contributed by atoms with van der Waals surface area (Å²) in [6.45, 7) is 2.81. The summed E-state index contributed by atoms with van der Waals surface area (Å²) < 4.78 is 6.86. The number of carbonyl (C=O) groups excluding carboxylic acids is 1. The quantitative estimate of drug-likeness (QED) is 0.884. The Morgan fingerprint density at radius 2 is 1.92 bits per heavy atom. The maximum absolute atomic E-state index is 13.0. The lowest BCUT2D eigenvalue weighted by Crippen LogP contribution is -2.46. The highest BCUT2D eigenvalue weighted by Crippen LogP contribution is 2.17. The number of benzene rings is 1. The van der Waals surface area contributed by atoms with Gasteiger partial charge in [-0.15, -0.1) is 0 Å².